The number of anilines is 1. The first-order valence-corrected chi connectivity index (χ1v) is 9.10. The van der Waals surface area contributed by atoms with Crippen LogP contribution in [-0.4, -0.2) is 17.5 Å². The number of hydrogen-bond acceptors (Lipinski definition) is 5. The number of nitrogen functional groups attached to an aromatic ring is 1. The van der Waals surface area contributed by atoms with Gasteiger partial charge in [0.05, 0.1) is 23.4 Å². The quantitative estimate of drug-likeness (QED) is 0.549. The normalized spacial score (nSPS) is 10.9. The molecule has 4 rings (SSSR count). The van der Waals surface area contributed by atoms with Gasteiger partial charge in [-0.3, -0.25) is 14.2 Å². The van der Waals surface area contributed by atoms with Crippen LogP contribution < -0.4 is 16.0 Å². The monoisotopic (exact) mass is 376 g/mol. The van der Waals surface area contributed by atoms with Crippen molar-refractivity contribution in [3.05, 3.63) is 88.2 Å². The Kier molecular flexibility index (Phi) is 4.25. The third-order valence-corrected chi connectivity index (χ3v) is 5.36. The molecular formula is C21H16N2O3S. The number of fused-ring (bicyclic) bond motifs is 1. The number of para-hydroxylation sites is 1. The molecule has 2 aromatic carbocycles. The van der Waals surface area contributed by atoms with E-state index in [0.29, 0.717) is 32.1 Å². The van der Waals surface area contributed by atoms with E-state index >= 15 is 0 Å². The lowest BCUT2D eigenvalue weighted by Crippen LogP contribution is -2.16. The lowest BCUT2D eigenvalue weighted by Gasteiger charge is -2.07. The van der Waals surface area contributed by atoms with Crippen molar-refractivity contribution in [3.8, 4) is 11.4 Å². The van der Waals surface area contributed by atoms with Gasteiger partial charge in [0, 0.05) is 17.0 Å². The van der Waals surface area contributed by atoms with Crippen LogP contribution in [0.1, 0.15) is 15.9 Å². The van der Waals surface area contributed by atoms with Crippen molar-refractivity contribution >= 4 is 32.3 Å². The van der Waals surface area contributed by atoms with Gasteiger partial charge in [-0.1, -0.05) is 41.7 Å². The zero-order valence-corrected chi connectivity index (χ0v) is 15.3. The van der Waals surface area contributed by atoms with E-state index in [0.717, 1.165) is 5.69 Å². The van der Waals surface area contributed by atoms with Crippen LogP contribution in [0.15, 0.2) is 71.5 Å². The lowest BCUT2D eigenvalue weighted by atomic mass is 10.0. The molecule has 0 fully saturated rings. The summed E-state index contributed by atoms with van der Waals surface area (Å²) in [5.74, 6) is 0.399. The highest BCUT2D eigenvalue weighted by Crippen LogP contribution is 2.35. The minimum atomic E-state index is -0.198. The zero-order chi connectivity index (χ0) is 19.0. The fraction of sp³-hybridized carbons (Fsp3) is 0.0476. The number of carbonyl (C=O) groups is 1. The van der Waals surface area contributed by atoms with Gasteiger partial charge in [-0.05, 0) is 30.3 Å². The third kappa shape index (κ3) is 2.90. The zero-order valence-electron chi connectivity index (χ0n) is 14.5. The summed E-state index contributed by atoms with van der Waals surface area (Å²) >= 11 is 1.24. The minimum Gasteiger partial charge on any atom is -0.497 e. The van der Waals surface area contributed by atoms with Crippen LogP contribution in [-0.2, 0) is 0 Å². The number of hydrogen-bond donors (Lipinski definition) is 1. The summed E-state index contributed by atoms with van der Waals surface area (Å²) in [7, 11) is 1.55. The number of thiophene rings is 1. The number of rotatable bonds is 4. The Labute approximate surface area is 159 Å². The molecule has 6 heteroatoms. The van der Waals surface area contributed by atoms with Crippen molar-refractivity contribution in [2.45, 2.75) is 0 Å². The van der Waals surface area contributed by atoms with Gasteiger partial charge in [0.1, 0.15) is 10.6 Å². The molecule has 0 amide bonds. The van der Waals surface area contributed by atoms with Crippen LogP contribution in [0.4, 0.5) is 5.00 Å². The maximum Gasteiger partial charge on any atom is 0.256 e. The fourth-order valence-electron chi connectivity index (χ4n) is 3.06. The first-order valence-electron chi connectivity index (χ1n) is 8.28. The van der Waals surface area contributed by atoms with Crippen LogP contribution in [0.25, 0.3) is 15.9 Å². The van der Waals surface area contributed by atoms with Gasteiger partial charge in [0.25, 0.3) is 5.56 Å². The molecule has 0 aliphatic heterocycles. The van der Waals surface area contributed by atoms with Gasteiger partial charge < -0.3 is 10.5 Å². The van der Waals surface area contributed by atoms with E-state index in [1.54, 1.807) is 42.0 Å². The van der Waals surface area contributed by atoms with Gasteiger partial charge in [0.15, 0.2) is 5.78 Å². The predicted molar refractivity (Wildman–Crippen MR) is 108 cm³/mol. The number of nitrogens with zero attached hydrogens (tertiary/aromatic N) is 1. The van der Waals surface area contributed by atoms with Crippen LogP contribution in [0.2, 0.25) is 0 Å². The van der Waals surface area contributed by atoms with Crippen molar-refractivity contribution in [3.63, 3.8) is 0 Å². The van der Waals surface area contributed by atoms with E-state index < -0.39 is 0 Å². The summed E-state index contributed by atoms with van der Waals surface area (Å²) in [6.45, 7) is 0. The molecule has 0 aliphatic rings. The average Bonchev–Trinajstić information content (AvgIpc) is 3.03. The molecule has 2 heterocycles. The highest BCUT2D eigenvalue weighted by atomic mass is 32.1. The molecule has 0 spiro atoms. The van der Waals surface area contributed by atoms with Gasteiger partial charge in [-0.2, -0.15) is 0 Å². The van der Waals surface area contributed by atoms with Crippen LogP contribution in [0.5, 0.6) is 5.75 Å². The molecule has 27 heavy (non-hydrogen) atoms. The molecule has 0 aliphatic carbocycles. The number of methoxy groups -OCH3 is 1. The standard InChI is InChI=1S/C21H16N2O3S/c1-26-15-9-5-6-13(12-15)19(25)18-16-10-11-17(24)23(21(16)27-20(18)22)14-7-3-2-4-8-14/h2-12H,22H2,1H3. The smallest absolute Gasteiger partial charge is 0.256 e. The molecule has 0 saturated heterocycles. The molecule has 0 unspecified atom stereocenters. The molecule has 4 aromatic rings. The lowest BCUT2D eigenvalue weighted by molar-refractivity contribution is 0.104. The van der Waals surface area contributed by atoms with Gasteiger partial charge in [0.2, 0.25) is 0 Å². The second kappa shape index (κ2) is 6.74. The summed E-state index contributed by atoms with van der Waals surface area (Å²) in [6.07, 6.45) is 0. The molecular weight excluding hydrogens is 360 g/mol. The second-order valence-electron chi connectivity index (χ2n) is 5.96. The summed E-state index contributed by atoms with van der Waals surface area (Å²) in [4.78, 5) is 26.3. The van der Waals surface area contributed by atoms with Gasteiger partial charge >= 0.3 is 0 Å². The van der Waals surface area contributed by atoms with Crippen LogP contribution >= 0.6 is 11.3 Å². The first kappa shape index (κ1) is 17.1. The topological polar surface area (TPSA) is 74.3 Å². The van der Waals surface area contributed by atoms with Crippen molar-refractivity contribution in [1.82, 2.24) is 4.57 Å². The Bertz CT molecular complexity index is 1210. The second-order valence-corrected chi connectivity index (χ2v) is 6.99. The number of nitrogens with two attached hydrogens (primary N) is 1. The maximum atomic E-state index is 13.1. The Hall–Kier alpha value is -3.38. The summed E-state index contributed by atoms with van der Waals surface area (Å²) < 4.78 is 6.79. The van der Waals surface area contributed by atoms with Crippen molar-refractivity contribution < 1.29 is 9.53 Å². The van der Waals surface area contributed by atoms with Crippen molar-refractivity contribution in [1.29, 1.82) is 0 Å². The molecule has 0 bridgehead atoms. The number of aromatic nitrogens is 1. The van der Waals surface area contributed by atoms with Crippen LogP contribution in [0.3, 0.4) is 0 Å². The summed E-state index contributed by atoms with van der Waals surface area (Å²) in [5, 5.41) is 1.04. The molecule has 2 N–H and O–H groups in total. The van der Waals surface area contributed by atoms with Gasteiger partial charge in [-0.25, -0.2) is 0 Å². The largest absolute Gasteiger partial charge is 0.497 e. The molecule has 5 nitrogen and oxygen atoms in total. The number of carbonyl (C=O) groups excluding carboxylic acids is 1. The highest BCUT2D eigenvalue weighted by Gasteiger charge is 2.21. The van der Waals surface area contributed by atoms with E-state index in [-0.39, 0.29) is 11.3 Å². The Balaban J connectivity index is 1.94. The van der Waals surface area contributed by atoms with E-state index in [9.17, 15) is 9.59 Å². The fourth-order valence-corrected chi connectivity index (χ4v) is 4.14. The Morgan fingerprint density at radius 3 is 2.56 bits per heavy atom. The van der Waals surface area contributed by atoms with E-state index in [1.165, 1.54) is 17.4 Å². The molecule has 0 radical (unpaired) electrons. The third-order valence-electron chi connectivity index (χ3n) is 4.34. The van der Waals surface area contributed by atoms with E-state index in [4.69, 9.17) is 10.5 Å². The van der Waals surface area contributed by atoms with E-state index in [1.807, 2.05) is 30.3 Å². The number of ether oxygens (including phenoxy) is 1. The summed E-state index contributed by atoms with van der Waals surface area (Å²) in [6, 6.07) is 19.4. The predicted octanol–water partition coefficient (Wildman–Crippen LogP) is 3.87. The molecule has 0 atom stereocenters. The molecule has 0 saturated carbocycles. The Morgan fingerprint density at radius 1 is 1.04 bits per heavy atom. The summed E-state index contributed by atoms with van der Waals surface area (Å²) in [5.41, 5.74) is 7.67. The van der Waals surface area contributed by atoms with Crippen molar-refractivity contribution in [2.24, 2.45) is 0 Å². The first-order chi connectivity index (χ1) is 13.1. The van der Waals surface area contributed by atoms with Crippen LogP contribution in [0, 0.1) is 0 Å². The maximum absolute atomic E-state index is 13.1. The van der Waals surface area contributed by atoms with Gasteiger partial charge in [-0.15, -0.1) is 0 Å². The van der Waals surface area contributed by atoms with E-state index in [2.05, 4.69) is 0 Å². The number of ketones is 1. The average molecular weight is 376 g/mol. The molecule has 2 aromatic heterocycles. The Morgan fingerprint density at radius 2 is 1.81 bits per heavy atom. The SMILES string of the molecule is COc1cccc(C(=O)c2c(N)sc3c2ccc(=O)n3-c2ccccc2)c1. The minimum absolute atomic E-state index is 0.171. The number of pyridine rings is 1. The van der Waals surface area contributed by atoms with Crippen molar-refractivity contribution in [2.75, 3.05) is 12.8 Å². The molecule has 134 valence electrons. The highest BCUT2D eigenvalue weighted by molar-refractivity contribution is 7.22. The number of benzene rings is 2.